The van der Waals surface area contributed by atoms with Gasteiger partial charge in [-0.05, 0) is 42.5 Å². The molecule has 22 heavy (non-hydrogen) atoms. The molecule has 114 valence electrons. The highest BCUT2D eigenvalue weighted by Crippen LogP contribution is 2.32. The lowest BCUT2D eigenvalue weighted by Gasteiger charge is -2.27. The Hall–Kier alpha value is -1.65. The molecule has 0 radical (unpaired) electrons. The van der Waals surface area contributed by atoms with Gasteiger partial charge < -0.3 is 10.7 Å². The summed E-state index contributed by atoms with van der Waals surface area (Å²) in [5.74, 6) is 0.138. The van der Waals surface area contributed by atoms with Crippen LogP contribution in [0, 0.1) is 5.92 Å². The van der Waals surface area contributed by atoms with E-state index in [1.807, 2.05) is 18.2 Å². The monoisotopic (exact) mass is 315 g/mol. The predicted molar refractivity (Wildman–Crippen MR) is 87.1 cm³/mol. The number of nitrogens with one attached hydrogen (secondary N) is 1. The van der Waals surface area contributed by atoms with Crippen molar-refractivity contribution in [2.45, 2.75) is 38.1 Å². The summed E-state index contributed by atoms with van der Waals surface area (Å²) in [6.45, 7) is 0. The Bertz CT molecular complexity index is 877. The molecule has 1 unspecified atom stereocenters. The molecule has 2 heterocycles. The first-order valence-corrected chi connectivity index (χ1v) is 8.22. The van der Waals surface area contributed by atoms with Crippen LogP contribution in [-0.2, 0) is 4.79 Å². The van der Waals surface area contributed by atoms with Crippen LogP contribution in [0.15, 0.2) is 23.2 Å². The van der Waals surface area contributed by atoms with Gasteiger partial charge in [0.1, 0.15) is 6.04 Å². The summed E-state index contributed by atoms with van der Waals surface area (Å²) in [5, 5.41) is 3.20. The number of carbonyl (C=O) groups excluding carboxylic acids is 1. The molecule has 1 aromatic heterocycles. The summed E-state index contributed by atoms with van der Waals surface area (Å²) in [7, 11) is 0. The molecule has 4 rings (SSSR count). The third-order valence-corrected chi connectivity index (χ3v) is 5.13. The molecule has 1 fully saturated rings. The Morgan fingerprint density at radius 3 is 2.77 bits per heavy atom. The van der Waals surface area contributed by atoms with Gasteiger partial charge in [-0.25, -0.2) is 4.99 Å². The molecule has 0 saturated heterocycles. The number of aromatic amines is 1. The maximum absolute atomic E-state index is 12.3. The molecule has 1 saturated carbocycles. The van der Waals surface area contributed by atoms with Crippen LogP contribution in [-0.4, -0.2) is 16.9 Å². The Balaban J connectivity index is 2.05. The average molecular weight is 316 g/mol. The molecular weight excluding hydrogens is 298 g/mol. The number of amides is 1. The average Bonchev–Trinajstić information content (AvgIpc) is 2.87. The maximum Gasteiger partial charge on any atom is 0.267 e. The third-order valence-electron chi connectivity index (χ3n) is 4.89. The normalized spacial score (nSPS) is 22.7. The molecule has 4 nitrogen and oxygen atoms in total. The highest BCUT2D eigenvalue weighted by Gasteiger charge is 2.31. The van der Waals surface area contributed by atoms with E-state index in [-0.39, 0.29) is 5.91 Å². The van der Waals surface area contributed by atoms with Crippen molar-refractivity contribution in [2.75, 3.05) is 0 Å². The van der Waals surface area contributed by atoms with Crippen molar-refractivity contribution in [3.8, 4) is 0 Å². The summed E-state index contributed by atoms with van der Waals surface area (Å²) in [5.41, 5.74) is 8.19. The van der Waals surface area contributed by atoms with Crippen LogP contribution in [0.5, 0.6) is 0 Å². The number of H-pyrrole nitrogens is 1. The molecule has 1 aliphatic heterocycles. The molecule has 1 atom stereocenters. The van der Waals surface area contributed by atoms with Gasteiger partial charge in [-0.1, -0.05) is 30.9 Å². The van der Waals surface area contributed by atoms with Crippen molar-refractivity contribution in [3.63, 3.8) is 0 Å². The van der Waals surface area contributed by atoms with Gasteiger partial charge >= 0.3 is 0 Å². The predicted octanol–water partition coefficient (Wildman–Crippen LogP) is 2.04. The SMILES string of the molecule is NC1C(=O)N=c2c([nH]c3ccc(Cl)cc23)=C1C1CCCCC1. The quantitative estimate of drug-likeness (QED) is 0.845. The first kappa shape index (κ1) is 14.0. The van der Waals surface area contributed by atoms with E-state index in [0.717, 1.165) is 34.7 Å². The van der Waals surface area contributed by atoms with Crippen LogP contribution in [0.2, 0.25) is 5.02 Å². The summed E-state index contributed by atoms with van der Waals surface area (Å²) in [6.07, 6.45) is 5.88. The van der Waals surface area contributed by atoms with E-state index in [0.29, 0.717) is 16.3 Å². The van der Waals surface area contributed by atoms with Crippen LogP contribution in [0.25, 0.3) is 16.5 Å². The second-order valence-electron chi connectivity index (χ2n) is 6.26. The van der Waals surface area contributed by atoms with Gasteiger partial charge in [-0.3, -0.25) is 4.79 Å². The molecule has 1 aliphatic carbocycles. The largest absolute Gasteiger partial charge is 0.353 e. The number of hydrogen-bond donors (Lipinski definition) is 2. The molecule has 1 aromatic carbocycles. The lowest BCUT2D eigenvalue weighted by atomic mass is 9.80. The molecule has 5 heteroatoms. The van der Waals surface area contributed by atoms with Crippen molar-refractivity contribution >= 4 is 34.0 Å². The Morgan fingerprint density at radius 2 is 2.00 bits per heavy atom. The molecule has 2 aliphatic rings. The fraction of sp³-hybridized carbons (Fsp3) is 0.412. The Morgan fingerprint density at radius 1 is 1.23 bits per heavy atom. The highest BCUT2D eigenvalue weighted by molar-refractivity contribution is 6.31. The molecular formula is C17H18ClN3O. The van der Waals surface area contributed by atoms with E-state index in [9.17, 15) is 4.79 Å². The van der Waals surface area contributed by atoms with Crippen molar-refractivity contribution < 1.29 is 4.79 Å². The van der Waals surface area contributed by atoms with Gasteiger partial charge in [0.2, 0.25) is 0 Å². The minimum Gasteiger partial charge on any atom is -0.353 e. The van der Waals surface area contributed by atoms with Crippen LogP contribution in [0.4, 0.5) is 0 Å². The molecule has 2 aromatic rings. The summed E-state index contributed by atoms with van der Waals surface area (Å²) < 4.78 is 0. The molecule has 1 amide bonds. The lowest BCUT2D eigenvalue weighted by Crippen LogP contribution is -2.46. The zero-order valence-electron chi connectivity index (χ0n) is 12.2. The number of rotatable bonds is 1. The van der Waals surface area contributed by atoms with Crippen molar-refractivity contribution in [2.24, 2.45) is 16.6 Å². The number of benzene rings is 1. The first-order valence-electron chi connectivity index (χ1n) is 7.84. The summed E-state index contributed by atoms with van der Waals surface area (Å²) in [6, 6.07) is 5.02. The zero-order chi connectivity index (χ0) is 15.3. The van der Waals surface area contributed by atoms with Crippen molar-refractivity contribution in [1.82, 2.24) is 4.98 Å². The maximum atomic E-state index is 12.3. The number of nitrogens with zero attached hydrogens (tertiary/aromatic N) is 1. The van der Waals surface area contributed by atoms with E-state index < -0.39 is 6.04 Å². The molecule has 0 spiro atoms. The van der Waals surface area contributed by atoms with Crippen molar-refractivity contribution in [3.05, 3.63) is 33.9 Å². The first-order chi connectivity index (χ1) is 10.6. The highest BCUT2D eigenvalue weighted by atomic mass is 35.5. The van der Waals surface area contributed by atoms with Crippen molar-refractivity contribution in [1.29, 1.82) is 0 Å². The molecule has 3 N–H and O–H groups in total. The van der Waals surface area contributed by atoms with Gasteiger partial charge in [0.25, 0.3) is 5.91 Å². The van der Waals surface area contributed by atoms with E-state index in [4.69, 9.17) is 17.3 Å². The summed E-state index contributed by atoms with van der Waals surface area (Å²) in [4.78, 5) is 19.9. The van der Waals surface area contributed by atoms with Crippen LogP contribution < -0.4 is 16.4 Å². The fourth-order valence-corrected chi connectivity index (χ4v) is 3.99. The third kappa shape index (κ3) is 2.09. The summed E-state index contributed by atoms with van der Waals surface area (Å²) >= 11 is 6.10. The van der Waals surface area contributed by atoms with E-state index >= 15 is 0 Å². The van der Waals surface area contributed by atoms with Gasteiger partial charge in [0, 0.05) is 15.9 Å². The second-order valence-corrected chi connectivity index (χ2v) is 6.69. The van der Waals surface area contributed by atoms with Gasteiger partial charge in [0.15, 0.2) is 0 Å². The van der Waals surface area contributed by atoms with Gasteiger partial charge in [0.05, 0.1) is 10.7 Å². The lowest BCUT2D eigenvalue weighted by molar-refractivity contribution is -0.118. The number of hydrogen-bond acceptors (Lipinski definition) is 2. The molecule has 0 bridgehead atoms. The number of fused-ring (bicyclic) bond motifs is 3. The standard InChI is InChI=1S/C17H18ClN3O/c18-10-6-7-12-11(8-10)15-16(20-12)13(14(19)17(22)21-15)9-4-2-1-3-5-9/h6-9,14,20H,1-5,19H2. The topological polar surface area (TPSA) is 71.2 Å². The van der Waals surface area contributed by atoms with Gasteiger partial charge in [-0.15, -0.1) is 0 Å². The zero-order valence-corrected chi connectivity index (χ0v) is 13.0. The van der Waals surface area contributed by atoms with Crippen LogP contribution in [0.3, 0.4) is 0 Å². The number of halogens is 1. The van der Waals surface area contributed by atoms with Gasteiger partial charge in [-0.2, -0.15) is 0 Å². The van der Waals surface area contributed by atoms with E-state index in [2.05, 4.69) is 9.98 Å². The van der Waals surface area contributed by atoms with Crippen LogP contribution in [0.1, 0.15) is 32.1 Å². The van der Waals surface area contributed by atoms with Crippen LogP contribution >= 0.6 is 11.6 Å². The Kier molecular flexibility index (Phi) is 3.31. The second kappa shape index (κ2) is 5.21. The van der Waals surface area contributed by atoms with E-state index in [1.165, 1.54) is 19.3 Å². The minimum absolute atomic E-state index is 0.242. The number of carbonyl (C=O) groups is 1. The fourth-order valence-electron chi connectivity index (χ4n) is 3.81. The number of nitrogens with two attached hydrogens (primary N) is 1. The minimum atomic E-state index is -0.612. The van der Waals surface area contributed by atoms with E-state index in [1.54, 1.807) is 0 Å². The number of aromatic nitrogens is 1. The smallest absolute Gasteiger partial charge is 0.267 e. The Labute approximate surface area is 133 Å².